The average molecular weight is 315 g/mol. The van der Waals surface area contributed by atoms with Gasteiger partial charge in [-0.15, -0.1) is 5.10 Å². The molecule has 8 nitrogen and oxygen atoms in total. The van der Waals surface area contributed by atoms with Crippen LogP contribution in [-0.4, -0.2) is 30.3 Å². The first-order chi connectivity index (χ1) is 11.2. The Balaban J connectivity index is 1.79. The number of furan rings is 1. The fourth-order valence-electron chi connectivity index (χ4n) is 1.88. The van der Waals surface area contributed by atoms with Crippen LogP contribution in [0.2, 0.25) is 0 Å². The summed E-state index contributed by atoms with van der Waals surface area (Å²) in [6, 6.07) is 8.14. The molecule has 2 aromatic heterocycles. The van der Waals surface area contributed by atoms with Gasteiger partial charge in [-0.25, -0.2) is 0 Å². The minimum absolute atomic E-state index is 0.0387. The Labute approximate surface area is 131 Å². The number of amides is 1. The molecule has 0 saturated heterocycles. The van der Waals surface area contributed by atoms with Crippen LogP contribution in [-0.2, 0) is 0 Å². The number of aromatic nitrogens is 2. The van der Waals surface area contributed by atoms with E-state index in [1.807, 2.05) is 0 Å². The average Bonchev–Trinajstić information content (AvgIpc) is 3.25. The Morgan fingerprint density at radius 3 is 2.48 bits per heavy atom. The maximum absolute atomic E-state index is 12.3. The van der Waals surface area contributed by atoms with Crippen molar-refractivity contribution in [2.75, 3.05) is 19.5 Å². The molecule has 0 radical (unpaired) electrons. The molecule has 1 N–H and O–H groups in total. The van der Waals surface area contributed by atoms with Crippen molar-refractivity contribution in [2.45, 2.75) is 0 Å². The van der Waals surface area contributed by atoms with Crippen molar-refractivity contribution in [1.29, 1.82) is 0 Å². The van der Waals surface area contributed by atoms with E-state index in [0.717, 1.165) is 0 Å². The minimum atomic E-state index is -0.433. The van der Waals surface area contributed by atoms with Crippen molar-refractivity contribution in [3.05, 3.63) is 42.2 Å². The van der Waals surface area contributed by atoms with Gasteiger partial charge >= 0.3 is 6.01 Å². The quantitative estimate of drug-likeness (QED) is 0.772. The van der Waals surface area contributed by atoms with Crippen LogP contribution in [0, 0.1) is 0 Å². The SMILES string of the molecule is COc1cc(OC)cc(C(=O)Nc2nnc(-c3ccco3)o2)c1. The fourth-order valence-corrected chi connectivity index (χ4v) is 1.88. The van der Waals surface area contributed by atoms with E-state index in [9.17, 15) is 4.79 Å². The third kappa shape index (κ3) is 3.15. The van der Waals surface area contributed by atoms with Gasteiger partial charge in [-0.05, 0) is 24.3 Å². The van der Waals surface area contributed by atoms with Crippen molar-refractivity contribution < 1.29 is 23.1 Å². The molecule has 0 fully saturated rings. The first-order valence-electron chi connectivity index (χ1n) is 6.61. The van der Waals surface area contributed by atoms with E-state index in [0.29, 0.717) is 22.8 Å². The Morgan fingerprint density at radius 2 is 1.87 bits per heavy atom. The first-order valence-corrected chi connectivity index (χ1v) is 6.61. The summed E-state index contributed by atoms with van der Waals surface area (Å²) in [5, 5.41) is 10.1. The molecule has 1 aromatic carbocycles. The van der Waals surface area contributed by atoms with Gasteiger partial charge in [0.05, 0.1) is 20.5 Å². The third-order valence-electron chi connectivity index (χ3n) is 2.99. The van der Waals surface area contributed by atoms with E-state index in [1.54, 1.807) is 30.3 Å². The Morgan fingerprint density at radius 1 is 1.13 bits per heavy atom. The van der Waals surface area contributed by atoms with Crippen LogP contribution in [0.5, 0.6) is 11.5 Å². The predicted octanol–water partition coefficient (Wildman–Crippen LogP) is 2.60. The number of ether oxygens (including phenoxy) is 2. The standard InChI is InChI=1S/C15H13N3O5/c1-20-10-6-9(7-11(8-10)21-2)13(19)16-15-18-17-14(23-15)12-4-3-5-22-12/h3-8H,1-2H3,(H,16,18,19). The number of hydrogen-bond acceptors (Lipinski definition) is 7. The van der Waals surface area contributed by atoms with Gasteiger partial charge in [0.2, 0.25) is 0 Å². The van der Waals surface area contributed by atoms with E-state index in [1.165, 1.54) is 20.5 Å². The highest BCUT2D eigenvalue weighted by molar-refractivity contribution is 6.03. The molecule has 3 rings (SSSR count). The second kappa shape index (κ2) is 6.22. The number of nitrogens with zero attached hydrogens (tertiary/aromatic N) is 2. The molecule has 0 aliphatic heterocycles. The number of nitrogens with one attached hydrogen (secondary N) is 1. The van der Waals surface area contributed by atoms with E-state index in [2.05, 4.69) is 15.5 Å². The molecule has 0 spiro atoms. The second-order valence-electron chi connectivity index (χ2n) is 4.45. The van der Waals surface area contributed by atoms with Crippen LogP contribution in [0.4, 0.5) is 6.01 Å². The van der Waals surface area contributed by atoms with E-state index in [-0.39, 0.29) is 11.9 Å². The molecule has 0 bridgehead atoms. The largest absolute Gasteiger partial charge is 0.497 e. The zero-order valence-electron chi connectivity index (χ0n) is 12.4. The summed E-state index contributed by atoms with van der Waals surface area (Å²) >= 11 is 0. The van der Waals surface area contributed by atoms with Crippen molar-refractivity contribution >= 4 is 11.9 Å². The molecule has 2 heterocycles. The fraction of sp³-hybridized carbons (Fsp3) is 0.133. The van der Waals surface area contributed by atoms with Crippen molar-refractivity contribution in [3.63, 3.8) is 0 Å². The maximum Gasteiger partial charge on any atom is 0.322 e. The van der Waals surface area contributed by atoms with Crippen LogP contribution < -0.4 is 14.8 Å². The zero-order chi connectivity index (χ0) is 16.2. The molecule has 0 aliphatic rings. The topological polar surface area (TPSA) is 99.6 Å². The van der Waals surface area contributed by atoms with Crippen LogP contribution in [0.25, 0.3) is 11.7 Å². The van der Waals surface area contributed by atoms with Gasteiger partial charge < -0.3 is 18.3 Å². The van der Waals surface area contributed by atoms with Gasteiger partial charge in [0.25, 0.3) is 11.8 Å². The molecule has 0 aliphatic carbocycles. The zero-order valence-corrected chi connectivity index (χ0v) is 12.4. The van der Waals surface area contributed by atoms with Crippen LogP contribution in [0.15, 0.2) is 45.4 Å². The monoisotopic (exact) mass is 315 g/mol. The number of anilines is 1. The van der Waals surface area contributed by atoms with Crippen molar-refractivity contribution in [3.8, 4) is 23.1 Å². The minimum Gasteiger partial charge on any atom is -0.497 e. The lowest BCUT2D eigenvalue weighted by Gasteiger charge is -2.07. The highest BCUT2D eigenvalue weighted by atomic mass is 16.5. The molecule has 8 heteroatoms. The second-order valence-corrected chi connectivity index (χ2v) is 4.45. The molecular weight excluding hydrogens is 302 g/mol. The molecule has 0 atom stereocenters. The summed E-state index contributed by atoms with van der Waals surface area (Å²) in [4.78, 5) is 12.3. The highest BCUT2D eigenvalue weighted by Crippen LogP contribution is 2.24. The number of benzene rings is 1. The van der Waals surface area contributed by atoms with Gasteiger partial charge in [0.1, 0.15) is 11.5 Å². The molecule has 1 amide bonds. The summed E-state index contributed by atoms with van der Waals surface area (Å²) in [7, 11) is 3.01. The third-order valence-corrected chi connectivity index (χ3v) is 2.99. The van der Waals surface area contributed by atoms with Crippen LogP contribution in [0.1, 0.15) is 10.4 Å². The molecule has 118 valence electrons. The molecule has 0 saturated carbocycles. The lowest BCUT2D eigenvalue weighted by molar-refractivity contribution is 0.102. The normalized spacial score (nSPS) is 10.3. The van der Waals surface area contributed by atoms with Gasteiger partial charge in [-0.2, -0.15) is 0 Å². The van der Waals surface area contributed by atoms with Crippen molar-refractivity contribution in [1.82, 2.24) is 10.2 Å². The van der Waals surface area contributed by atoms with E-state index >= 15 is 0 Å². The van der Waals surface area contributed by atoms with Gasteiger partial charge in [0.15, 0.2) is 5.76 Å². The van der Waals surface area contributed by atoms with Gasteiger partial charge in [-0.3, -0.25) is 10.1 Å². The van der Waals surface area contributed by atoms with Gasteiger partial charge in [-0.1, -0.05) is 5.10 Å². The lowest BCUT2D eigenvalue weighted by atomic mass is 10.2. The molecule has 0 unspecified atom stereocenters. The first kappa shape index (κ1) is 14.6. The molecular formula is C15H13N3O5. The summed E-state index contributed by atoms with van der Waals surface area (Å²) in [6.07, 6.45) is 1.49. The number of carbonyl (C=O) groups is 1. The predicted molar refractivity (Wildman–Crippen MR) is 79.5 cm³/mol. The Kier molecular flexibility index (Phi) is 3.96. The summed E-state index contributed by atoms with van der Waals surface area (Å²) in [5.41, 5.74) is 0.332. The smallest absolute Gasteiger partial charge is 0.322 e. The number of hydrogen-bond donors (Lipinski definition) is 1. The van der Waals surface area contributed by atoms with Crippen LogP contribution in [0.3, 0.4) is 0 Å². The Hall–Kier alpha value is -3.29. The van der Waals surface area contributed by atoms with E-state index in [4.69, 9.17) is 18.3 Å². The number of rotatable bonds is 5. The highest BCUT2D eigenvalue weighted by Gasteiger charge is 2.15. The van der Waals surface area contributed by atoms with Gasteiger partial charge in [0, 0.05) is 11.6 Å². The maximum atomic E-state index is 12.3. The Bertz CT molecular complexity index is 788. The van der Waals surface area contributed by atoms with Crippen molar-refractivity contribution in [2.24, 2.45) is 0 Å². The summed E-state index contributed by atoms with van der Waals surface area (Å²) < 4.78 is 20.7. The molecule has 23 heavy (non-hydrogen) atoms. The summed E-state index contributed by atoms with van der Waals surface area (Å²) in [6.45, 7) is 0. The lowest BCUT2D eigenvalue weighted by Crippen LogP contribution is -2.12. The number of carbonyl (C=O) groups excluding carboxylic acids is 1. The number of methoxy groups -OCH3 is 2. The van der Waals surface area contributed by atoms with Crippen LogP contribution >= 0.6 is 0 Å². The summed E-state index contributed by atoms with van der Waals surface area (Å²) in [5.74, 6) is 1.15. The van der Waals surface area contributed by atoms with E-state index < -0.39 is 5.91 Å². The molecule has 3 aromatic rings.